The Morgan fingerprint density at radius 2 is 2.40 bits per heavy atom. The Labute approximate surface area is 94.5 Å². The molecule has 1 rings (SSSR count). The predicted molar refractivity (Wildman–Crippen MR) is 61.9 cm³/mol. The highest BCUT2D eigenvalue weighted by Crippen LogP contribution is 2.28. The first-order valence-corrected chi connectivity index (χ1v) is 5.91. The molecule has 1 aromatic rings. The van der Waals surface area contributed by atoms with Gasteiger partial charge >= 0.3 is 5.97 Å². The van der Waals surface area contributed by atoms with Crippen molar-refractivity contribution in [1.29, 1.82) is 0 Å². The van der Waals surface area contributed by atoms with Crippen molar-refractivity contribution in [2.24, 2.45) is 5.92 Å². The van der Waals surface area contributed by atoms with E-state index in [1.54, 1.807) is 11.3 Å². The largest absolute Gasteiger partial charge is 0.469 e. The predicted octanol–water partition coefficient (Wildman–Crippen LogP) is 2.21. The average Bonchev–Trinajstić information content (AvgIpc) is 2.77. The summed E-state index contributed by atoms with van der Waals surface area (Å²) in [5, 5.41) is 5.20. The fourth-order valence-electron chi connectivity index (χ4n) is 1.70. The van der Waals surface area contributed by atoms with E-state index in [4.69, 9.17) is 4.74 Å². The molecule has 0 amide bonds. The first kappa shape index (κ1) is 12.2. The number of methoxy groups -OCH3 is 1. The maximum Gasteiger partial charge on any atom is 0.310 e. The monoisotopic (exact) mass is 227 g/mol. The van der Waals surface area contributed by atoms with E-state index in [-0.39, 0.29) is 17.9 Å². The summed E-state index contributed by atoms with van der Waals surface area (Å²) in [7, 11) is 3.31. The Hall–Kier alpha value is -0.870. The number of ether oxygens (including phenoxy) is 1. The standard InChI is InChI=1S/C11H17NO2S/c1-4-8(11(13)14-3)10(12-2)9-6-5-7-15-9/h5-8,10,12H,4H2,1-3H3. The molecule has 0 radical (unpaired) electrons. The van der Waals surface area contributed by atoms with Gasteiger partial charge in [-0.3, -0.25) is 4.79 Å². The van der Waals surface area contributed by atoms with Gasteiger partial charge in [0.15, 0.2) is 0 Å². The number of rotatable bonds is 5. The molecule has 2 atom stereocenters. The summed E-state index contributed by atoms with van der Waals surface area (Å²) in [6, 6.07) is 4.09. The highest BCUT2D eigenvalue weighted by molar-refractivity contribution is 7.10. The van der Waals surface area contributed by atoms with Crippen LogP contribution < -0.4 is 5.32 Å². The minimum absolute atomic E-state index is 0.0578. The van der Waals surface area contributed by atoms with Crippen molar-refractivity contribution in [2.75, 3.05) is 14.2 Å². The van der Waals surface area contributed by atoms with Crippen LogP contribution >= 0.6 is 11.3 Å². The number of hydrogen-bond acceptors (Lipinski definition) is 4. The first-order chi connectivity index (χ1) is 7.24. The van der Waals surface area contributed by atoms with Crippen molar-refractivity contribution < 1.29 is 9.53 Å². The molecule has 2 unspecified atom stereocenters. The Morgan fingerprint density at radius 1 is 1.67 bits per heavy atom. The molecule has 0 aliphatic rings. The van der Waals surface area contributed by atoms with Gasteiger partial charge in [0.1, 0.15) is 0 Å². The molecule has 3 nitrogen and oxygen atoms in total. The lowest BCUT2D eigenvalue weighted by Crippen LogP contribution is -2.30. The van der Waals surface area contributed by atoms with Crippen LogP contribution in [0.3, 0.4) is 0 Å². The molecule has 1 aromatic heterocycles. The fraction of sp³-hybridized carbons (Fsp3) is 0.545. The van der Waals surface area contributed by atoms with Crippen molar-refractivity contribution in [3.8, 4) is 0 Å². The molecule has 4 heteroatoms. The van der Waals surface area contributed by atoms with Crippen LogP contribution in [0.5, 0.6) is 0 Å². The van der Waals surface area contributed by atoms with Crippen LogP contribution in [0, 0.1) is 5.92 Å². The summed E-state index contributed by atoms with van der Waals surface area (Å²) in [6.07, 6.45) is 0.774. The van der Waals surface area contributed by atoms with E-state index in [1.807, 2.05) is 31.5 Å². The normalized spacial score (nSPS) is 14.6. The minimum Gasteiger partial charge on any atom is -0.469 e. The molecular weight excluding hydrogens is 210 g/mol. The van der Waals surface area contributed by atoms with Gasteiger partial charge in [-0.2, -0.15) is 0 Å². The van der Waals surface area contributed by atoms with E-state index in [2.05, 4.69) is 5.32 Å². The van der Waals surface area contributed by atoms with Crippen molar-refractivity contribution in [3.63, 3.8) is 0 Å². The number of carbonyl (C=O) groups is 1. The zero-order chi connectivity index (χ0) is 11.3. The number of thiophene rings is 1. The molecule has 0 saturated carbocycles. The Balaban J connectivity index is 2.84. The van der Waals surface area contributed by atoms with Crippen LogP contribution in [-0.4, -0.2) is 20.1 Å². The van der Waals surface area contributed by atoms with Crippen molar-refractivity contribution >= 4 is 17.3 Å². The third kappa shape index (κ3) is 2.79. The molecule has 0 aliphatic carbocycles. The molecule has 0 aliphatic heterocycles. The SMILES string of the molecule is CCC(C(=O)OC)C(NC)c1cccs1. The molecule has 0 spiro atoms. The molecule has 0 saturated heterocycles. The van der Waals surface area contributed by atoms with Gasteiger partial charge in [0, 0.05) is 4.88 Å². The van der Waals surface area contributed by atoms with Crippen LogP contribution in [-0.2, 0) is 9.53 Å². The molecular formula is C11H17NO2S. The van der Waals surface area contributed by atoms with Crippen molar-refractivity contribution in [2.45, 2.75) is 19.4 Å². The fourth-order valence-corrected chi connectivity index (χ4v) is 2.60. The third-order valence-electron chi connectivity index (χ3n) is 2.51. The Bertz CT molecular complexity index is 298. The van der Waals surface area contributed by atoms with E-state index in [0.29, 0.717) is 0 Å². The smallest absolute Gasteiger partial charge is 0.310 e. The number of carbonyl (C=O) groups excluding carboxylic acids is 1. The minimum atomic E-state index is -0.148. The van der Waals surface area contributed by atoms with Gasteiger partial charge in [0.05, 0.1) is 19.1 Å². The summed E-state index contributed by atoms with van der Waals surface area (Å²) in [5.41, 5.74) is 0. The molecule has 15 heavy (non-hydrogen) atoms. The van der Waals surface area contributed by atoms with E-state index in [0.717, 1.165) is 6.42 Å². The zero-order valence-electron chi connectivity index (χ0n) is 9.32. The second kappa shape index (κ2) is 5.88. The van der Waals surface area contributed by atoms with Crippen LogP contribution in [0.25, 0.3) is 0 Å². The van der Waals surface area contributed by atoms with Gasteiger partial charge < -0.3 is 10.1 Å². The van der Waals surface area contributed by atoms with E-state index >= 15 is 0 Å². The maximum atomic E-state index is 11.6. The first-order valence-electron chi connectivity index (χ1n) is 5.03. The van der Waals surface area contributed by atoms with Crippen molar-refractivity contribution in [3.05, 3.63) is 22.4 Å². The lowest BCUT2D eigenvalue weighted by Gasteiger charge is -2.22. The lowest BCUT2D eigenvalue weighted by molar-refractivity contribution is -0.146. The number of nitrogens with one attached hydrogen (secondary N) is 1. The highest BCUT2D eigenvalue weighted by Gasteiger charge is 2.28. The maximum absolute atomic E-state index is 11.6. The molecule has 0 bridgehead atoms. The third-order valence-corrected chi connectivity index (χ3v) is 3.46. The summed E-state index contributed by atoms with van der Waals surface area (Å²) in [5.74, 6) is -0.260. The van der Waals surface area contributed by atoms with E-state index in [9.17, 15) is 4.79 Å². The summed E-state index contributed by atoms with van der Waals surface area (Å²) < 4.78 is 4.81. The van der Waals surface area contributed by atoms with E-state index in [1.165, 1.54) is 12.0 Å². The number of hydrogen-bond donors (Lipinski definition) is 1. The molecule has 1 N–H and O–H groups in total. The zero-order valence-corrected chi connectivity index (χ0v) is 10.1. The van der Waals surface area contributed by atoms with Gasteiger partial charge in [0.2, 0.25) is 0 Å². The van der Waals surface area contributed by atoms with Gasteiger partial charge in [-0.05, 0) is 24.9 Å². The average molecular weight is 227 g/mol. The van der Waals surface area contributed by atoms with Gasteiger partial charge in [-0.25, -0.2) is 0 Å². The second-order valence-corrected chi connectivity index (χ2v) is 4.30. The van der Waals surface area contributed by atoms with Crippen LogP contribution in [0.15, 0.2) is 17.5 Å². The van der Waals surface area contributed by atoms with Crippen LogP contribution in [0.4, 0.5) is 0 Å². The Morgan fingerprint density at radius 3 is 2.80 bits per heavy atom. The highest BCUT2D eigenvalue weighted by atomic mass is 32.1. The summed E-state index contributed by atoms with van der Waals surface area (Å²) >= 11 is 1.66. The quantitative estimate of drug-likeness (QED) is 0.784. The molecule has 1 heterocycles. The molecule has 84 valence electrons. The topological polar surface area (TPSA) is 38.3 Å². The van der Waals surface area contributed by atoms with Crippen molar-refractivity contribution in [1.82, 2.24) is 5.32 Å². The Kier molecular flexibility index (Phi) is 4.78. The summed E-state index contributed by atoms with van der Waals surface area (Å²) in [6.45, 7) is 2.00. The second-order valence-electron chi connectivity index (χ2n) is 3.32. The molecule has 0 fully saturated rings. The van der Waals surface area contributed by atoms with Gasteiger partial charge in [-0.15, -0.1) is 11.3 Å². The number of esters is 1. The molecule has 0 aromatic carbocycles. The van der Waals surface area contributed by atoms with Crippen LogP contribution in [0.1, 0.15) is 24.3 Å². The van der Waals surface area contributed by atoms with Crippen LogP contribution in [0.2, 0.25) is 0 Å². The lowest BCUT2D eigenvalue weighted by atomic mass is 9.96. The summed E-state index contributed by atoms with van der Waals surface area (Å²) in [4.78, 5) is 12.8. The van der Waals surface area contributed by atoms with E-state index < -0.39 is 0 Å². The van der Waals surface area contributed by atoms with Gasteiger partial charge in [-0.1, -0.05) is 13.0 Å². The van der Waals surface area contributed by atoms with Gasteiger partial charge in [0.25, 0.3) is 0 Å².